The van der Waals surface area contributed by atoms with Crippen molar-refractivity contribution < 1.29 is 14.5 Å². The summed E-state index contributed by atoms with van der Waals surface area (Å²) >= 11 is 0. The maximum Gasteiger partial charge on any atom is 0.337 e. The van der Waals surface area contributed by atoms with Crippen molar-refractivity contribution in [3.05, 3.63) is 52.2 Å². The molecular weight excluding hydrogens is 262 g/mol. The molecule has 102 valence electrons. The molecule has 20 heavy (non-hydrogen) atoms. The van der Waals surface area contributed by atoms with Gasteiger partial charge in [-0.1, -0.05) is 12.1 Å². The van der Waals surface area contributed by atoms with Crippen LogP contribution >= 0.6 is 0 Å². The molecule has 0 fully saturated rings. The largest absolute Gasteiger partial charge is 0.465 e. The van der Waals surface area contributed by atoms with E-state index in [0.717, 1.165) is 0 Å². The number of aromatic nitrogens is 1. The molecule has 0 unspecified atom stereocenters. The molecule has 0 bridgehead atoms. The minimum atomic E-state index is -0.589. The predicted molar refractivity (Wildman–Crippen MR) is 72.1 cm³/mol. The number of nitro groups is 1. The van der Waals surface area contributed by atoms with Gasteiger partial charge in [-0.05, 0) is 17.7 Å². The van der Waals surface area contributed by atoms with Gasteiger partial charge in [0.05, 0.1) is 17.6 Å². The lowest BCUT2D eigenvalue weighted by atomic mass is 10.1. The number of nitrogens with two attached hydrogens (primary N) is 1. The van der Waals surface area contributed by atoms with E-state index < -0.39 is 10.9 Å². The summed E-state index contributed by atoms with van der Waals surface area (Å²) in [5.74, 6) is -0.581. The van der Waals surface area contributed by atoms with Gasteiger partial charge in [-0.3, -0.25) is 10.1 Å². The van der Waals surface area contributed by atoms with E-state index in [0.29, 0.717) is 16.7 Å². The van der Waals surface area contributed by atoms with Gasteiger partial charge in [0.15, 0.2) is 0 Å². The van der Waals surface area contributed by atoms with Crippen molar-refractivity contribution in [1.29, 1.82) is 0 Å². The van der Waals surface area contributed by atoms with E-state index in [1.54, 1.807) is 24.3 Å². The fraction of sp³-hybridized carbons (Fsp3) is 0.0769. The Morgan fingerprint density at radius 2 is 1.95 bits per heavy atom. The summed E-state index contributed by atoms with van der Waals surface area (Å²) < 4.78 is 4.59. The minimum Gasteiger partial charge on any atom is -0.465 e. The molecule has 0 amide bonds. The van der Waals surface area contributed by atoms with Crippen LogP contribution in [0.4, 0.5) is 11.5 Å². The van der Waals surface area contributed by atoms with Crippen molar-refractivity contribution in [2.75, 3.05) is 12.8 Å². The third-order valence-corrected chi connectivity index (χ3v) is 2.73. The number of hydrogen-bond donors (Lipinski definition) is 1. The standard InChI is InChI=1S/C13H11N3O4/c1-20-13(17)9-4-2-8(3-5-9)10-6-11(16(18)19)12(14)15-7-10/h2-7H,1H3,(H2,14,15). The lowest BCUT2D eigenvalue weighted by Gasteiger charge is -2.04. The third-order valence-electron chi connectivity index (χ3n) is 2.73. The van der Waals surface area contributed by atoms with Gasteiger partial charge in [-0.2, -0.15) is 0 Å². The Labute approximate surface area is 114 Å². The highest BCUT2D eigenvalue weighted by Gasteiger charge is 2.14. The maximum atomic E-state index is 11.3. The Hall–Kier alpha value is -2.96. The number of nitrogens with zero attached hydrogens (tertiary/aromatic N) is 2. The Morgan fingerprint density at radius 1 is 1.30 bits per heavy atom. The number of carbonyl (C=O) groups is 1. The van der Waals surface area contributed by atoms with Gasteiger partial charge in [0.2, 0.25) is 5.82 Å². The molecule has 7 nitrogen and oxygen atoms in total. The van der Waals surface area contributed by atoms with E-state index in [-0.39, 0.29) is 11.5 Å². The first-order valence-electron chi connectivity index (χ1n) is 5.61. The number of pyridine rings is 1. The lowest BCUT2D eigenvalue weighted by molar-refractivity contribution is -0.384. The zero-order chi connectivity index (χ0) is 14.7. The molecule has 0 atom stereocenters. The molecule has 0 aliphatic heterocycles. The van der Waals surface area contributed by atoms with Gasteiger partial charge >= 0.3 is 11.7 Å². The average Bonchev–Trinajstić information content (AvgIpc) is 2.47. The highest BCUT2D eigenvalue weighted by molar-refractivity contribution is 5.90. The SMILES string of the molecule is COC(=O)c1ccc(-c2cnc(N)c([N+](=O)[O-])c2)cc1. The van der Waals surface area contributed by atoms with Gasteiger partial charge < -0.3 is 10.5 Å². The second-order valence-corrected chi connectivity index (χ2v) is 3.95. The molecule has 2 N–H and O–H groups in total. The van der Waals surface area contributed by atoms with Crippen LogP contribution in [0.15, 0.2) is 36.5 Å². The van der Waals surface area contributed by atoms with Crippen molar-refractivity contribution in [3.63, 3.8) is 0 Å². The first-order chi connectivity index (χ1) is 9.52. The number of rotatable bonds is 3. The first kappa shape index (κ1) is 13.5. The van der Waals surface area contributed by atoms with Gasteiger partial charge in [0.1, 0.15) is 0 Å². The number of anilines is 1. The Balaban J connectivity index is 2.39. The number of benzene rings is 1. The number of ether oxygens (including phenoxy) is 1. The predicted octanol–water partition coefficient (Wildman–Crippen LogP) is 2.03. The van der Waals surface area contributed by atoms with Crippen molar-refractivity contribution in [2.24, 2.45) is 0 Å². The zero-order valence-electron chi connectivity index (χ0n) is 10.6. The molecule has 0 aliphatic carbocycles. The Kier molecular flexibility index (Phi) is 3.60. The lowest BCUT2D eigenvalue weighted by Crippen LogP contribution is -2.01. The minimum absolute atomic E-state index is 0.134. The van der Waals surface area contributed by atoms with E-state index in [4.69, 9.17) is 5.73 Å². The van der Waals surface area contributed by atoms with Gasteiger partial charge in [-0.15, -0.1) is 0 Å². The van der Waals surface area contributed by atoms with Crippen molar-refractivity contribution >= 4 is 17.5 Å². The smallest absolute Gasteiger partial charge is 0.337 e. The highest BCUT2D eigenvalue weighted by atomic mass is 16.6. The maximum absolute atomic E-state index is 11.3. The quantitative estimate of drug-likeness (QED) is 0.520. The van der Waals surface area contributed by atoms with Crippen LogP contribution in [0.25, 0.3) is 11.1 Å². The Bertz CT molecular complexity index is 668. The Morgan fingerprint density at radius 3 is 2.50 bits per heavy atom. The summed E-state index contributed by atoms with van der Waals surface area (Å²) in [7, 11) is 1.30. The van der Waals surface area contributed by atoms with Crippen molar-refractivity contribution in [3.8, 4) is 11.1 Å². The monoisotopic (exact) mass is 273 g/mol. The number of methoxy groups -OCH3 is 1. The van der Waals surface area contributed by atoms with Crippen LogP contribution in [0.2, 0.25) is 0 Å². The van der Waals surface area contributed by atoms with Crippen LogP contribution in [0.5, 0.6) is 0 Å². The van der Waals surface area contributed by atoms with E-state index >= 15 is 0 Å². The van der Waals surface area contributed by atoms with Crippen LogP contribution in [0, 0.1) is 10.1 Å². The van der Waals surface area contributed by atoms with Crippen LogP contribution in [-0.2, 0) is 4.74 Å². The first-order valence-corrected chi connectivity index (χ1v) is 5.61. The van der Waals surface area contributed by atoms with Crippen molar-refractivity contribution in [1.82, 2.24) is 4.98 Å². The molecule has 0 aliphatic rings. The van der Waals surface area contributed by atoms with Crippen LogP contribution in [0.3, 0.4) is 0 Å². The van der Waals surface area contributed by atoms with E-state index in [1.165, 1.54) is 19.4 Å². The number of esters is 1. The molecule has 1 heterocycles. The molecule has 0 spiro atoms. The molecule has 2 aromatic rings. The summed E-state index contributed by atoms with van der Waals surface area (Å²) in [6.45, 7) is 0. The summed E-state index contributed by atoms with van der Waals surface area (Å²) in [4.78, 5) is 25.3. The van der Waals surface area contributed by atoms with E-state index in [2.05, 4.69) is 9.72 Å². The van der Waals surface area contributed by atoms with Crippen LogP contribution in [-0.4, -0.2) is 23.0 Å². The normalized spacial score (nSPS) is 10.1. The molecule has 7 heteroatoms. The van der Waals surface area contributed by atoms with Gasteiger partial charge in [-0.25, -0.2) is 9.78 Å². The topological polar surface area (TPSA) is 108 Å². The summed E-state index contributed by atoms with van der Waals surface area (Å²) in [6.07, 6.45) is 1.44. The van der Waals surface area contributed by atoms with E-state index in [9.17, 15) is 14.9 Å². The van der Waals surface area contributed by atoms with Gasteiger partial charge in [0.25, 0.3) is 0 Å². The number of hydrogen-bond acceptors (Lipinski definition) is 6. The molecular formula is C13H11N3O4. The third kappa shape index (κ3) is 2.56. The second-order valence-electron chi connectivity index (χ2n) is 3.95. The second kappa shape index (κ2) is 5.35. The van der Waals surface area contributed by atoms with Crippen LogP contribution < -0.4 is 5.73 Å². The number of carbonyl (C=O) groups excluding carboxylic acids is 1. The van der Waals surface area contributed by atoms with Crippen molar-refractivity contribution in [2.45, 2.75) is 0 Å². The highest BCUT2D eigenvalue weighted by Crippen LogP contribution is 2.26. The molecule has 0 saturated carbocycles. The summed E-state index contributed by atoms with van der Waals surface area (Å²) in [5, 5.41) is 10.8. The molecule has 2 rings (SSSR count). The molecule has 1 aromatic heterocycles. The number of nitrogen functional groups attached to an aromatic ring is 1. The van der Waals surface area contributed by atoms with Gasteiger partial charge in [0, 0.05) is 17.8 Å². The molecule has 0 radical (unpaired) electrons. The molecule has 1 aromatic carbocycles. The molecule has 0 saturated heterocycles. The fourth-order valence-electron chi connectivity index (χ4n) is 1.68. The van der Waals surface area contributed by atoms with E-state index in [1.807, 2.05) is 0 Å². The average molecular weight is 273 g/mol. The zero-order valence-corrected chi connectivity index (χ0v) is 10.6. The summed E-state index contributed by atoms with van der Waals surface area (Å²) in [6, 6.07) is 7.80. The summed E-state index contributed by atoms with van der Waals surface area (Å²) in [5.41, 5.74) is 6.82. The van der Waals surface area contributed by atoms with Crippen LogP contribution in [0.1, 0.15) is 10.4 Å². The fourth-order valence-corrected chi connectivity index (χ4v) is 1.68.